The maximum Gasteiger partial charge on any atom is 0.416 e. The Kier molecular flexibility index (Phi) is 3.93. The molecule has 2 rings (SSSR count). The zero-order valence-electron chi connectivity index (χ0n) is 11.2. The number of nitrogens with zero attached hydrogens (tertiary/aromatic N) is 1. The van der Waals surface area contributed by atoms with Crippen molar-refractivity contribution in [1.29, 1.82) is 0 Å². The maximum absolute atomic E-state index is 12.6. The van der Waals surface area contributed by atoms with E-state index < -0.39 is 17.6 Å². The predicted molar refractivity (Wildman–Crippen MR) is 73.9 cm³/mol. The average molecular weight is 297 g/mol. The van der Waals surface area contributed by atoms with Crippen molar-refractivity contribution >= 4 is 17.3 Å². The molecule has 0 saturated carbocycles. The van der Waals surface area contributed by atoms with E-state index in [0.29, 0.717) is 17.9 Å². The number of nitrogens with one attached hydrogen (secondary N) is 1. The third-order valence-electron chi connectivity index (χ3n) is 2.94. The standard InChI is InChI=1S/C14H14F3N3O/c1-2-20-8-10(18)7-12(20)13(21)19-11-5-3-4-9(6-11)14(15,16)17/h3-8H,2,18H2,1H3,(H,19,21). The second-order valence-electron chi connectivity index (χ2n) is 4.48. The fourth-order valence-electron chi connectivity index (χ4n) is 1.95. The number of aromatic nitrogens is 1. The Bertz CT molecular complexity index is 662. The lowest BCUT2D eigenvalue weighted by Crippen LogP contribution is -2.17. The first-order valence-corrected chi connectivity index (χ1v) is 6.25. The molecule has 1 aromatic carbocycles. The molecule has 21 heavy (non-hydrogen) atoms. The number of benzene rings is 1. The van der Waals surface area contributed by atoms with E-state index in [2.05, 4.69) is 5.32 Å². The number of rotatable bonds is 3. The van der Waals surface area contributed by atoms with Gasteiger partial charge in [-0.25, -0.2) is 0 Å². The van der Waals surface area contributed by atoms with Gasteiger partial charge in [0, 0.05) is 18.4 Å². The Labute approximate surface area is 119 Å². The van der Waals surface area contributed by atoms with Crippen molar-refractivity contribution in [3.63, 3.8) is 0 Å². The lowest BCUT2D eigenvalue weighted by Gasteiger charge is -2.10. The zero-order valence-corrected chi connectivity index (χ0v) is 11.2. The van der Waals surface area contributed by atoms with Crippen molar-refractivity contribution < 1.29 is 18.0 Å². The number of halogens is 3. The first-order chi connectivity index (χ1) is 9.81. The topological polar surface area (TPSA) is 60.0 Å². The van der Waals surface area contributed by atoms with Crippen LogP contribution in [0.1, 0.15) is 23.0 Å². The summed E-state index contributed by atoms with van der Waals surface area (Å²) in [4.78, 5) is 12.1. The lowest BCUT2D eigenvalue weighted by molar-refractivity contribution is -0.137. The predicted octanol–water partition coefficient (Wildman–Crippen LogP) is 3.36. The van der Waals surface area contributed by atoms with Crippen LogP contribution in [-0.4, -0.2) is 10.5 Å². The molecule has 0 saturated heterocycles. The highest BCUT2D eigenvalue weighted by Crippen LogP contribution is 2.30. The molecule has 3 N–H and O–H groups in total. The Morgan fingerprint density at radius 1 is 1.33 bits per heavy atom. The number of alkyl halides is 3. The number of carbonyl (C=O) groups is 1. The molecule has 4 nitrogen and oxygen atoms in total. The van der Waals surface area contributed by atoms with Crippen molar-refractivity contribution in [2.24, 2.45) is 0 Å². The molecule has 0 aliphatic rings. The van der Waals surface area contributed by atoms with Gasteiger partial charge >= 0.3 is 6.18 Å². The molecule has 0 radical (unpaired) electrons. The van der Waals surface area contributed by atoms with Gasteiger partial charge in [-0.3, -0.25) is 4.79 Å². The summed E-state index contributed by atoms with van der Waals surface area (Å²) < 4.78 is 39.5. The van der Waals surface area contributed by atoms with E-state index in [-0.39, 0.29) is 5.69 Å². The van der Waals surface area contributed by atoms with Crippen LogP contribution in [0.4, 0.5) is 24.5 Å². The first kappa shape index (κ1) is 15.0. The molecular weight excluding hydrogens is 283 g/mol. The van der Waals surface area contributed by atoms with Crippen LogP contribution in [0.3, 0.4) is 0 Å². The normalized spacial score (nSPS) is 11.4. The summed E-state index contributed by atoms with van der Waals surface area (Å²) in [6.07, 6.45) is -2.85. The van der Waals surface area contributed by atoms with Gasteiger partial charge in [0.25, 0.3) is 5.91 Å². The average Bonchev–Trinajstić information content (AvgIpc) is 2.79. The monoisotopic (exact) mass is 297 g/mol. The van der Waals surface area contributed by atoms with E-state index in [4.69, 9.17) is 5.73 Å². The van der Waals surface area contributed by atoms with Crippen LogP contribution in [0, 0.1) is 0 Å². The fourth-order valence-corrected chi connectivity index (χ4v) is 1.95. The summed E-state index contributed by atoms with van der Waals surface area (Å²) in [6, 6.07) is 5.96. The highest BCUT2D eigenvalue weighted by Gasteiger charge is 2.30. The molecule has 112 valence electrons. The third kappa shape index (κ3) is 3.36. The van der Waals surface area contributed by atoms with E-state index >= 15 is 0 Å². The molecule has 0 spiro atoms. The van der Waals surface area contributed by atoms with E-state index in [1.165, 1.54) is 18.2 Å². The number of aryl methyl sites for hydroxylation is 1. The zero-order chi connectivity index (χ0) is 15.6. The quantitative estimate of drug-likeness (QED) is 0.912. The van der Waals surface area contributed by atoms with Crippen LogP contribution in [0.25, 0.3) is 0 Å². The van der Waals surface area contributed by atoms with Gasteiger partial charge in [0.15, 0.2) is 0 Å². The van der Waals surface area contributed by atoms with E-state index in [1.54, 1.807) is 10.8 Å². The molecular formula is C14H14F3N3O. The molecule has 7 heteroatoms. The summed E-state index contributed by atoms with van der Waals surface area (Å²) >= 11 is 0. The van der Waals surface area contributed by atoms with E-state index in [0.717, 1.165) is 12.1 Å². The minimum Gasteiger partial charge on any atom is -0.397 e. The highest BCUT2D eigenvalue weighted by atomic mass is 19.4. The Morgan fingerprint density at radius 3 is 2.67 bits per heavy atom. The van der Waals surface area contributed by atoms with Crippen LogP contribution in [0.5, 0.6) is 0 Å². The van der Waals surface area contributed by atoms with Gasteiger partial charge in [-0.05, 0) is 31.2 Å². The summed E-state index contributed by atoms with van der Waals surface area (Å²) in [7, 11) is 0. The smallest absolute Gasteiger partial charge is 0.397 e. The number of nitrogen functional groups attached to an aromatic ring is 1. The lowest BCUT2D eigenvalue weighted by atomic mass is 10.2. The maximum atomic E-state index is 12.6. The summed E-state index contributed by atoms with van der Waals surface area (Å²) in [6.45, 7) is 2.36. The number of anilines is 2. The molecule has 0 fully saturated rings. The van der Waals surface area contributed by atoms with Gasteiger partial charge in [-0.2, -0.15) is 13.2 Å². The van der Waals surface area contributed by atoms with Crippen LogP contribution in [0.2, 0.25) is 0 Å². The number of hydrogen-bond donors (Lipinski definition) is 2. The minimum atomic E-state index is -4.45. The molecule has 0 bridgehead atoms. The van der Waals surface area contributed by atoms with Crippen molar-refractivity contribution in [3.8, 4) is 0 Å². The minimum absolute atomic E-state index is 0.0808. The molecule has 1 aromatic heterocycles. The largest absolute Gasteiger partial charge is 0.416 e. The molecule has 0 atom stereocenters. The van der Waals surface area contributed by atoms with Gasteiger partial charge < -0.3 is 15.6 Å². The van der Waals surface area contributed by atoms with Crippen molar-refractivity contribution in [1.82, 2.24) is 4.57 Å². The first-order valence-electron chi connectivity index (χ1n) is 6.25. The van der Waals surface area contributed by atoms with Crippen molar-refractivity contribution in [3.05, 3.63) is 47.8 Å². The molecule has 0 unspecified atom stereocenters. The summed E-state index contributed by atoms with van der Waals surface area (Å²) in [5.41, 5.74) is 5.61. The Hall–Kier alpha value is -2.44. The Balaban J connectivity index is 2.24. The van der Waals surface area contributed by atoms with Crippen LogP contribution in [0.15, 0.2) is 36.5 Å². The van der Waals surface area contributed by atoms with Gasteiger partial charge in [0.1, 0.15) is 5.69 Å². The van der Waals surface area contributed by atoms with E-state index in [9.17, 15) is 18.0 Å². The summed E-state index contributed by atoms with van der Waals surface area (Å²) in [5, 5.41) is 2.44. The van der Waals surface area contributed by atoms with Crippen molar-refractivity contribution in [2.75, 3.05) is 11.1 Å². The molecule has 0 aliphatic heterocycles. The van der Waals surface area contributed by atoms with Crippen LogP contribution >= 0.6 is 0 Å². The molecule has 1 amide bonds. The van der Waals surface area contributed by atoms with Gasteiger partial charge in [0.2, 0.25) is 0 Å². The number of nitrogens with two attached hydrogens (primary N) is 1. The number of carbonyl (C=O) groups excluding carboxylic acids is 1. The van der Waals surface area contributed by atoms with Gasteiger partial charge in [0.05, 0.1) is 11.3 Å². The SMILES string of the molecule is CCn1cc(N)cc1C(=O)Nc1cccc(C(F)(F)F)c1. The number of hydrogen-bond acceptors (Lipinski definition) is 2. The Morgan fingerprint density at radius 2 is 2.05 bits per heavy atom. The molecule has 1 heterocycles. The van der Waals surface area contributed by atoms with Crippen molar-refractivity contribution in [2.45, 2.75) is 19.6 Å². The fraction of sp³-hybridized carbons (Fsp3) is 0.214. The highest BCUT2D eigenvalue weighted by molar-refractivity contribution is 6.03. The van der Waals surface area contributed by atoms with Gasteiger partial charge in [-0.1, -0.05) is 6.07 Å². The number of amides is 1. The molecule has 2 aromatic rings. The molecule has 0 aliphatic carbocycles. The second-order valence-corrected chi connectivity index (χ2v) is 4.48. The third-order valence-corrected chi connectivity index (χ3v) is 2.94. The van der Waals surface area contributed by atoms with E-state index in [1.807, 2.05) is 6.92 Å². The van der Waals surface area contributed by atoms with Gasteiger partial charge in [-0.15, -0.1) is 0 Å². The van der Waals surface area contributed by atoms with Crippen LogP contribution < -0.4 is 11.1 Å². The second kappa shape index (κ2) is 5.51. The van der Waals surface area contributed by atoms with Crippen LogP contribution in [-0.2, 0) is 12.7 Å². The summed E-state index contributed by atoms with van der Waals surface area (Å²) in [5.74, 6) is -0.507.